The molecule has 1 saturated heterocycles. The van der Waals surface area contributed by atoms with E-state index in [4.69, 9.17) is 0 Å². The minimum Gasteiger partial charge on any atom is -0.325 e. The standard InChI is InChI=1S/C11H13BrN2OS.ClH/c1-7-2-3-8(4-9(7)12)14-11(15)10-5-16-6-13-10;/h2-4,10,13H,5-6H2,1H3,(H,14,15);1H. The minimum atomic E-state index is -0.0647. The number of carbonyl (C=O) groups is 1. The zero-order valence-corrected chi connectivity index (χ0v) is 12.5. The van der Waals surface area contributed by atoms with Crippen molar-refractivity contribution in [3.63, 3.8) is 0 Å². The van der Waals surface area contributed by atoms with Crippen molar-refractivity contribution in [2.24, 2.45) is 0 Å². The second-order valence-electron chi connectivity index (χ2n) is 3.73. The zero-order valence-electron chi connectivity index (χ0n) is 9.33. The fraction of sp³-hybridized carbons (Fsp3) is 0.364. The molecule has 0 aromatic heterocycles. The average Bonchev–Trinajstić information content (AvgIpc) is 2.77. The molecule has 1 aromatic carbocycles. The van der Waals surface area contributed by atoms with Crippen LogP contribution in [0.5, 0.6) is 0 Å². The number of anilines is 1. The number of nitrogens with one attached hydrogen (secondary N) is 2. The Morgan fingerprint density at radius 2 is 2.35 bits per heavy atom. The molecule has 0 saturated carbocycles. The number of hydrogen-bond acceptors (Lipinski definition) is 3. The number of carbonyl (C=O) groups excluding carboxylic acids is 1. The van der Waals surface area contributed by atoms with Crippen molar-refractivity contribution in [1.29, 1.82) is 0 Å². The molecule has 1 heterocycles. The summed E-state index contributed by atoms with van der Waals surface area (Å²) in [4.78, 5) is 11.8. The largest absolute Gasteiger partial charge is 0.325 e. The molecular weight excluding hydrogens is 324 g/mol. The molecule has 17 heavy (non-hydrogen) atoms. The summed E-state index contributed by atoms with van der Waals surface area (Å²) in [6.45, 7) is 2.02. The Morgan fingerprint density at radius 1 is 1.59 bits per heavy atom. The number of thioether (sulfide) groups is 1. The molecule has 1 amide bonds. The van der Waals surface area contributed by atoms with Gasteiger partial charge in [-0.2, -0.15) is 0 Å². The topological polar surface area (TPSA) is 41.1 Å². The summed E-state index contributed by atoms with van der Waals surface area (Å²) in [6.07, 6.45) is 0. The molecule has 1 aliphatic rings. The molecular formula is C11H14BrClN2OS. The van der Waals surface area contributed by atoms with Crippen molar-refractivity contribution >= 4 is 51.7 Å². The first-order chi connectivity index (χ1) is 7.66. The molecule has 2 rings (SSSR count). The third kappa shape index (κ3) is 3.88. The summed E-state index contributed by atoms with van der Waals surface area (Å²) in [5.74, 6) is 1.75. The SMILES string of the molecule is Cc1ccc(NC(=O)C2CSCN2)cc1Br.Cl. The van der Waals surface area contributed by atoms with E-state index in [0.29, 0.717) is 0 Å². The van der Waals surface area contributed by atoms with E-state index < -0.39 is 0 Å². The van der Waals surface area contributed by atoms with Gasteiger partial charge in [0.15, 0.2) is 0 Å². The van der Waals surface area contributed by atoms with Crippen molar-refractivity contribution in [2.45, 2.75) is 13.0 Å². The second-order valence-corrected chi connectivity index (χ2v) is 5.61. The summed E-state index contributed by atoms with van der Waals surface area (Å²) in [5.41, 5.74) is 1.99. The van der Waals surface area contributed by atoms with Gasteiger partial charge in [-0.15, -0.1) is 24.2 Å². The lowest BCUT2D eigenvalue weighted by molar-refractivity contribution is -0.117. The Bertz CT molecular complexity index is 410. The number of rotatable bonds is 2. The maximum Gasteiger partial charge on any atom is 0.242 e. The second kappa shape index (κ2) is 6.64. The van der Waals surface area contributed by atoms with Gasteiger partial charge in [-0.25, -0.2) is 0 Å². The first kappa shape index (κ1) is 14.8. The van der Waals surface area contributed by atoms with Crippen LogP contribution in [0, 0.1) is 6.92 Å². The summed E-state index contributed by atoms with van der Waals surface area (Å²) < 4.78 is 1.01. The third-order valence-corrected chi connectivity index (χ3v) is 4.27. The monoisotopic (exact) mass is 336 g/mol. The Labute approximate surface area is 120 Å². The number of halogens is 2. The molecule has 0 aliphatic carbocycles. The van der Waals surface area contributed by atoms with Crippen molar-refractivity contribution < 1.29 is 4.79 Å². The van der Waals surface area contributed by atoms with Crippen LogP contribution in [-0.4, -0.2) is 23.6 Å². The summed E-state index contributed by atoms with van der Waals surface area (Å²) in [7, 11) is 0. The van der Waals surface area contributed by atoms with Gasteiger partial charge in [0.1, 0.15) is 0 Å². The molecule has 1 fully saturated rings. The molecule has 1 aromatic rings. The van der Waals surface area contributed by atoms with Crippen LogP contribution in [0.2, 0.25) is 0 Å². The fourth-order valence-electron chi connectivity index (χ4n) is 1.46. The van der Waals surface area contributed by atoms with Crippen LogP contribution in [0.3, 0.4) is 0 Å². The van der Waals surface area contributed by atoms with Crippen LogP contribution in [0.1, 0.15) is 5.56 Å². The maximum atomic E-state index is 11.8. The summed E-state index contributed by atoms with van der Waals surface area (Å²) >= 11 is 5.19. The first-order valence-electron chi connectivity index (χ1n) is 5.05. The van der Waals surface area contributed by atoms with Gasteiger partial charge in [-0.3, -0.25) is 10.1 Å². The normalized spacial score (nSPS) is 18.6. The molecule has 2 N–H and O–H groups in total. The van der Waals surface area contributed by atoms with Gasteiger partial charge in [0.2, 0.25) is 5.91 Å². The molecule has 0 spiro atoms. The van der Waals surface area contributed by atoms with E-state index in [1.54, 1.807) is 11.8 Å². The van der Waals surface area contributed by atoms with E-state index in [0.717, 1.165) is 27.4 Å². The number of hydrogen-bond donors (Lipinski definition) is 2. The highest BCUT2D eigenvalue weighted by atomic mass is 79.9. The van der Waals surface area contributed by atoms with Gasteiger partial charge < -0.3 is 5.32 Å². The van der Waals surface area contributed by atoms with Crippen LogP contribution in [-0.2, 0) is 4.79 Å². The molecule has 1 aliphatic heterocycles. The third-order valence-electron chi connectivity index (χ3n) is 2.47. The lowest BCUT2D eigenvalue weighted by Crippen LogP contribution is -2.37. The van der Waals surface area contributed by atoms with E-state index in [9.17, 15) is 4.79 Å². The van der Waals surface area contributed by atoms with Gasteiger partial charge in [0, 0.05) is 21.8 Å². The van der Waals surface area contributed by atoms with Crippen LogP contribution in [0.25, 0.3) is 0 Å². The van der Waals surface area contributed by atoms with E-state index >= 15 is 0 Å². The predicted octanol–water partition coefficient (Wildman–Crippen LogP) is 2.78. The minimum absolute atomic E-state index is 0. The summed E-state index contributed by atoms with van der Waals surface area (Å²) in [6, 6.07) is 5.76. The van der Waals surface area contributed by atoms with Gasteiger partial charge in [-0.1, -0.05) is 22.0 Å². The molecule has 0 bridgehead atoms. The maximum absolute atomic E-state index is 11.8. The molecule has 94 valence electrons. The summed E-state index contributed by atoms with van der Waals surface area (Å²) in [5, 5.41) is 6.05. The number of amides is 1. The first-order valence-corrected chi connectivity index (χ1v) is 7.00. The van der Waals surface area contributed by atoms with E-state index in [2.05, 4.69) is 26.6 Å². The van der Waals surface area contributed by atoms with Crippen LogP contribution >= 0.6 is 40.1 Å². The highest BCUT2D eigenvalue weighted by Crippen LogP contribution is 2.21. The molecule has 1 unspecified atom stereocenters. The molecule has 0 radical (unpaired) electrons. The van der Waals surface area contributed by atoms with Crippen LogP contribution in [0.15, 0.2) is 22.7 Å². The Balaban J connectivity index is 0.00000144. The lowest BCUT2D eigenvalue weighted by Gasteiger charge is -2.11. The highest BCUT2D eigenvalue weighted by Gasteiger charge is 2.22. The van der Waals surface area contributed by atoms with Gasteiger partial charge in [0.05, 0.1) is 6.04 Å². The van der Waals surface area contributed by atoms with E-state index in [1.165, 1.54) is 0 Å². The fourth-order valence-corrected chi connectivity index (χ4v) is 2.78. The smallest absolute Gasteiger partial charge is 0.242 e. The van der Waals surface area contributed by atoms with E-state index in [1.807, 2.05) is 25.1 Å². The molecule has 6 heteroatoms. The molecule has 3 nitrogen and oxygen atoms in total. The quantitative estimate of drug-likeness (QED) is 0.872. The average molecular weight is 338 g/mol. The van der Waals surface area contributed by atoms with Crippen molar-refractivity contribution in [1.82, 2.24) is 5.32 Å². The van der Waals surface area contributed by atoms with Crippen LogP contribution in [0.4, 0.5) is 5.69 Å². The highest BCUT2D eigenvalue weighted by molar-refractivity contribution is 9.10. The predicted molar refractivity (Wildman–Crippen MR) is 79.0 cm³/mol. The van der Waals surface area contributed by atoms with Crippen LogP contribution < -0.4 is 10.6 Å². The van der Waals surface area contributed by atoms with Gasteiger partial charge in [-0.05, 0) is 24.6 Å². The van der Waals surface area contributed by atoms with E-state index in [-0.39, 0.29) is 24.4 Å². The Hall–Kier alpha value is -0.230. The zero-order chi connectivity index (χ0) is 11.5. The Kier molecular flexibility index (Phi) is 5.79. The van der Waals surface area contributed by atoms with Gasteiger partial charge in [0.25, 0.3) is 0 Å². The lowest BCUT2D eigenvalue weighted by atomic mass is 10.2. The van der Waals surface area contributed by atoms with Crippen molar-refractivity contribution in [3.8, 4) is 0 Å². The number of aryl methyl sites for hydroxylation is 1. The van der Waals surface area contributed by atoms with Crippen molar-refractivity contribution in [2.75, 3.05) is 16.9 Å². The van der Waals surface area contributed by atoms with Crippen molar-refractivity contribution in [3.05, 3.63) is 28.2 Å². The Morgan fingerprint density at radius 3 is 2.94 bits per heavy atom. The number of benzene rings is 1. The molecule has 1 atom stereocenters. The van der Waals surface area contributed by atoms with Gasteiger partial charge >= 0.3 is 0 Å².